The second kappa shape index (κ2) is 5.12. The molecule has 1 aliphatic heterocycles. The fourth-order valence-corrected chi connectivity index (χ4v) is 2.88. The van der Waals surface area contributed by atoms with Crippen LogP contribution in [0.15, 0.2) is 18.2 Å². The number of carbonyl (C=O) groups excluding carboxylic acids is 1. The third-order valence-electron chi connectivity index (χ3n) is 3.73. The van der Waals surface area contributed by atoms with Crippen LogP contribution in [0.5, 0.6) is 0 Å². The minimum atomic E-state index is -0.0874. The van der Waals surface area contributed by atoms with E-state index in [2.05, 4.69) is 24.7 Å². The second-order valence-corrected chi connectivity index (χ2v) is 5.19. The van der Waals surface area contributed by atoms with E-state index in [1.54, 1.807) is 0 Å². The van der Waals surface area contributed by atoms with E-state index >= 15 is 0 Å². The summed E-state index contributed by atoms with van der Waals surface area (Å²) in [5.41, 5.74) is 10.9. The molecule has 0 saturated carbocycles. The number of carbonyl (C=O) groups is 1. The van der Waals surface area contributed by atoms with Gasteiger partial charge in [-0.05, 0) is 30.5 Å². The van der Waals surface area contributed by atoms with Crippen LogP contribution in [0, 0.1) is 0 Å². The van der Waals surface area contributed by atoms with E-state index in [0.29, 0.717) is 5.56 Å². The number of rotatable bonds is 4. The van der Waals surface area contributed by atoms with Crippen molar-refractivity contribution in [3.05, 3.63) is 35.0 Å². The summed E-state index contributed by atoms with van der Waals surface area (Å²) in [6.45, 7) is 4.33. The number of nitrogens with zero attached hydrogens (tertiary/aromatic N) is 1. The van der Waals surface area contributed by atoms with Gasteiger partial charge in [0.05, 0.1) is 16.8 Å². The lowest BCUT2D eigenvalue weighted by molar-refractivity contribution is 0.0962. The number of aryl methyl sites for hydroxylation is 1. The number of hydrogen-bond donors (Lipinski definition) is 2. The second-order valence-electron chi connectivity index (χ2n) is 5.19. The summed E-state index contributed by atoms with van der Waals surface area (Å²) in [7, 11) is 0. The van der Waals surface area contributed by atoms with Crippen molar-refractivity contribution < 1.29 is 4.79 Å². The zero-order valence-electron chi connectivity index (χ0n) is 11.9. The Morgan fingerprint density at radius 2 is 1.90 bits per heavy atom. The topological polar surface area (TPSA) is 54.0 Å². The zero-order valence-corrected chi connectivity index (χ0v) is 11.9. The van der Waals surface area contributed by atoms with Crippen LogP contribution in [0.25, 0.3) is 10.9 Å². The maximum Gasteiger partial charge on any atom is 0.270 e. The molecule has 2 heterocycles. The van der Waals surface area contributed by atoms with Crippen molar-refractivity contribution in [2.75, 3.05) is 5.43 Å². The molecule has 0 unspecified atom stereocenters. The number of nitrogens with one attached hydrogen (secondary N) is 2. The predicted molar refractivity (Wildman–Crippen MR) is 80.8 cm³/mol. The first-order chi connectivity index (χ1) is 9.76. The Morgan fingerprint density at radius 1 is 1.10 bits per heavy atom. The van der Waals surface area contributed by atoms with Crippen molar-refractivity contribution in [3.63, 3.8) is 0 Å². The minimum Gasteiger partial charge on any atom is -0.297 e. The van der Waals surface area contributed by atoms with Crippen molar-refractivity contribution in [1.29, 1.82) is 0 Å². The van der Waals surface area contributed by atoms with Gasteiger partial charge in [0.15, 0.2) is 0 Å². The Hall–Kier alpha value is -2.10. The van der Waals surface area contributed by atoms with Gasteiger partial charge in [0.1, 0.15) is 0 Å². The van der Waals surface area contributed by atoms with Crippen molar-refractivity contribution in [3.8, 4) is 0 Å². The normalized spacial score (nSPS) is 13.2. The van der Waals surface area contributed by atoms with Crippen molar-refractivity contribution in [1.82, 2.24) is 10.4 Å². The first-order valence-electron chi connectivity index (χ1n) is 7.27. The maximum absolute atomic E-state index is 12.0. The standard InChI is InChI=1S/C16H19N3O/c1-3-6-10-12(7-4-2)17-13-9-5-8-11-14(13)15(10)18-19-16(11)20/h5,8-9,18H,3-4,6-7H2,1-2H3,(H,19,20). The highest BCUT2D eigenvalue weighted by Gasteiger charge is 2.23. The van der Waals surface area contributed by atoms with Gasteiger partial charge in [0.2, 0.25) is 0 Å². The van der Waals surface area contributed by atoms with E-state index < -0.39 is 0 Å². The monoisotopic (exact) mass is 269 g/mol. The van der Waals surface area contributed by atoms with Gasteiger partial charge in [0.25, 0.3) is 5.91 Å². The summed E-state index contributed by atoms with van der Waals surface area (Å²) in [5.74, 6) is -0.0874. The van der Waals surface area contributed by atoms with Crippen LogP contribution >= 0.6 is 0 Å². The Morgan fingerprint density at radius 3 is 2.65 bits per heavy atom. The van der Waals surface area contributed by atoms with E-state index in [4.69, 9.17) is 4.98 Å². The van der Waals surface area contributed by atoms with Crippen LogP contribution < -0.4 is 10.9 Å². The number of pyridine rings is 1. The first-order valence-corrected chi connectivity index (χ1v) is 7.27. The van der Waals surface area contributed by atoms with Crippen LogP contribution in [0.2, 0.25) is 0 Å². The highest BCUT2D eigenvalue weighted by atomic mass is 16.2. The molecule has 0 fully saturated rings. The van der Waals surface area contributed by atoms with E-state index in [9.17, 15) is 4.79 Å². The molecule has 0 aliphatic carbocycles. The molecular weight excluding hydrogens is 250 g/mol. The molecular formula is C16H19N3O. The molecule has 0 saturated heterocycles. The van der Waals surface area contributed by atoms with Crippen molar-refractivity contribution >= 4 is 22.5 Å². The molecule has 4 heteroatoms. The molecule has 104 valence electrons. The molecule has 0 spiro atoms. The zero-order chi connectivity index (χ0) is 14.1. The molecule has 20 heavy (non-hydrogen) atoms. The summed E-state index contributed by atoms with van der Waals surface area (Å²) < 4.78 is 0. The van der Waals surface area contributed by atoms with E-state index in [1.807, 2.05) is 18.2 Å². The number of aromatic nitrogens is 1. The van der Waals surface area contributed by atoms with Crippen LogP contribution in [0.1, 0.15) is 48.3 Å². The number of hydrogen-bond acceptors (Lipinski definition) is 3. The van der Waals surface area contributed by atoms with E-state index in [1.165, 1.54) is 5.56 Å². The number of benzene rings is 1. The molecule has 1 aromatic heterocycles. The summed E-state index contributed by atoms with van der Waals surface area (Å²) in [6.07, 6.45) is 4.08. The Kier molecular flexibility index (Phi) is 3.30. The number of anilines is 1. The molecule has 1 amide bonds. The molecule has 4 nitrogen and oxygen atoms in total. The molecule has 3 rings (SSSR count). The molecule has 1 aromatic carbocycles. The minimum absolute atomic E-state index is 0.0874. The largest absolute Gasteiger partial charge is 0.297 e. The first kappa shape index (κ1) is 12.9. The quantitative estimate of drug-likeness (QED) is 0.896. The fourth-order valence-electron chi connectivity index (χ4n) is 2.88. The van der Waals surface area contributed by atoms with Gasteiger partial charge < -0.3 is 0 Å². The third-order valence-corrected chi connectivity index (χ3v) is 3.73. The van der Waals surface area contributed by atoms with Crippen LogP contribution in [0.3, 0.4) is 0 Å². The lowest BCUT2D eigenvalue weighted by atomic mass is 9.96. The highest BCUT2D eigenvalue weighted by Crippen LogP contribution is 2.34. The highest BCUT2D eigenvalue weighted by molar-refractivity contribution is 6.14. The Balaban J connectivity index is 2.33. The molecule has 0 atom stereocenters. The van der Waals surface area contributed by atoms with Crippen LogP contribution in [-0.4, -0.2) is 10.9 Å². The van der Waals surface area contributed by atoms with Crippen molar-refractivity contribution in [2.24, 2.45) is 0 Å². The van der Waals surface area contributed by atoms with Crippen LogP contribution in [0.4, 0.5) is 5.69 Å². The fraction of sp³-hybridized carbons (Fsp3) is 0.375. The average Bonchev–Trinajstić information content (AvgIpc) is 2.46. The number of hydrazine groups is 1. The lowest BCUT2D eigenvalue weighted by Crippen LogP contribution is -2.34. The molecule has 0 radical (unpaired) electrons. The Labute approximate surface area is 118 Å². The summed E-state index contributed by atoms with van der Waals surface area (Å²) in [5, 5.41) is 0.958. The molecule has 1 aliphatic rings. The third kappa shape index (κ3) is 1.92. The number of amides is 1. The Bertz CT molecular complexity index is 679. The molecule has 2 aromatic rings. The van der Waals surface area contributed by atoms with Crippen LogP contribution in [-0.2, 0) is 12.8 Å². The summed E-state index contributed by atoms with van der Waals surface area (Å²) in [4.78, 5) is 16.8. The van der Waals surface area contributed by atoms with Gasteiger partial charge in [-0.25, -0.2) is 0 Å². The van der Waals surface area contributed by atoms with E-state index in [0.717, 1.165) is 48.0 Å². The van der Waals surface area contributed by atoms with E-state index in [-0.39, 0.29) is 5.91 Å². The lowest BCUT2D eigenvalue weighted by Gasteiger charge is -2.23. The maximum atomic E-state index is 12.0. The average molecular weight is 269 g/mol. The molecule has 0 bridgehead atoms. The van der Waals surface area contributed by atoms with Gasteiger partial charge in [-0.15, -0.1) is 0 Å². The van der Waals surface area contributed by atoms with Gasteiger partial charge in [-0.1, -0.05) is 32.8 Å². The van der Waals surface area contributed by atoms with Gasteiger partial charge in [-0.2, -0.15) is 0 Å². The molecule has 2 N–H and O–H groups in total. The SMILES string of the molecule is CCCc1nc2cccc3c2c(c1CCC)NNC3=O. The smallest absolute Gasteiger partial charge is 0.270 e. The van der Waals surface area contributed by atoms with Crippen molar-refractivity contribution in [2.45, 2.75) is 39.5 Å². The summed E-state index contributed by atoms with van der Waals surface area (Å²) >= 11 is 0. The van der Waals surface area contributed by atoms with Gasteiger partial charge in [0, 0.05) is 11.1 Å². The predicted octanol–water partition coefficient (Wildman–Crippen LogP) is 3.21. The summed E-state index contributed by atoms with van der Waals surface area (Å²) in [6, 6.07) is 5.74. The van der Waals surface area contributed by atoms with Gasteiger partial charge in [-0.3, -0.25) is 20.6 Å². The van der Waals surface area contributed by atoms with Gasteiger partial charge >= 0.3 is 0 Å².